The number of hydrogen-bond acceptors (Lipinski definition) is 7. The number of para-hydroxylation sites is 1. The van der Waals surface area contributed by atoms with Gasteiger partial charge in [0.15, 0.2) is 0 Å². The van der Waals surface area contributed by atoms with Crippen LogP contribution in [0.25, 0.3) is 22.5 Å². The molecule has 1 aliphatic heterocycles. The molecule has 0 aliphatic carbocycles. The highest BCUT2D eigenvalue weighted by Gasteiger charge is 2.25. The molecule has 0 unspecified atom stereocenters. The molecule has 0 amide bonds. The lowest BCUT2D eigenvalue weighted by atomic mass is 9.96. The highest BCUT2D eigenvalue weighted by molar-refractivity contribution is 5.81. The molecule has 0 bridgehead atoms. The van der Waals surface area contributed by atoms with E-state index in [-0.39, 0.29) is 0 Å². The van der Waals surface area contributed by atoms with Crippen LogP contribution in [0, 0.1) is 0 Å². The normalized spacial score (nSPS) is 15.9. The molecule has 1 fully saturated rings. The van der Waals surface area contributed by atoms with E-state index in [2.05, 4.69) is 54.3 Å². The van der Waals surface area contributed by atoms with Crippen molar-refractivity contribution >= 4 is 10.9 Å². The molecule has 5 rings (SSSR count). The Hall–Kier alpha value is -3.19. The van der Waals surface area contributed by atoms with Gasteiger partial charge in [-0.05, 0) is 37.6 Å². The van der Waals surface area contributed by atoms with Crippen molar-refractivity contribution in [3.8, 4) is 11.6 Å². The van der Waals surface area contributed by atoms with E-state index in [1.54, 1.807) is 18.6 Å². The molecule has 3 aromatic heterocycles. The van der Waals surface area contributed by atoms with Crippen LogP contribution in [-0.2, 0) is 6.54 Å². The Morgan fingerprint density at radius 2 is 1.86 bits per heavy atom. The third kappa shape index (κ3) is 3.36. The summed E-state index contributed by atoms with van der Waals surface area (Å²) < 4.78 is 5.87. The maximum atomic E-state index is 5.87. The van der Waals surface area contributed by atoms with Gasteiger partial charge in [0.05, 0.1) is 11.7 Å². The summed E-state index contributed by atoms with van der Waals surface area (Å²) in [4.78, 5) is 15.3. The molecule has 0 N–H and O–H groups in total. The van der Waals surface area contributed by atoms with Crippen molar-refractivity contribution in [1.29, 1.82) is 0 Å². The number of piperidine rings is 1. The van der Waals surface area contributed by atoms with E-state index in [0.717, 1.165) is 38.0 Å². The summed E-state index contributed by atoms with van der Waals surface area (Å²) >= 11 is 0. The maximum Gasteiger partial charge on any atom is 0.267 e. The molecule has 1 aromatic carbocycles. The summed E-state index contributed by atoms with van der Waals surface area (Å²) in [6.45, 7) is 2.91. The molecule has 0 radical (unpaired) electrons. The van der Waals surface area contributed by atoms with Gasteiger partial charge < -0.3 is 4.42 Å². The molecule has 0 spiro atoms. The fourth-order valence-electron chi connectivity index (χ4n) is 3.79. The number of rotatable bonds is 4. The van der Waals surface area contributed by atoms with Gasteiger partial charge in [-0.1, -0.05) is 24.3 Å². The van der Waals surface area contributed by atoms with E-state index in [1.165, 1.54) is 10.9 Å². The molecular weight excluding hydrogens is 352 g/mol. The number of nitrogens with zero attached hydrogens (tertiary/aromatic N) is 6. The summed E-state index contributed by atoms with van der Waals surface area (Å²) in [5, 5.41) is 9.59. The second kappa shape index (κ2) is 7.44. The molecule has 4 heterocycles. The number of aromatic nitrogens is 5. The van der Waals surface area contributed by atoms with Crippen molar-refractivity contribution in [2.75, 3.05) is 13.1 Å². The first-order valence-electron chi connectivity index (χ1n) is 9.51. The molecule has 0 saturated carbocycles. The van der Waals surface area contributed by atoms with Gasteiger partial charge in [0.25, 0.3) is 5.89 Å². The Kier molecular flexibility index (Phi) is 4.50. The minimum atomic E-state index is 0.291. The lowest BCUT2D eigenvalue weighted by Gasteiger charge is -2.30. The van der Waals surface area contributed by atoms with E-state index in [1.807, 2.05) is 12.3 Å². The first-order valence-corrected chi connectivity index (χ1v) is 9.51. The van der Waals surface area contributed by atoms with Crippen molar-refractivity contribution in [3.05, 3.63) is 66.6 Å². The Morgan fingerprint density at radius 3 is 2.71 bits per heavy atom. The van der Waals surface area contributed by atoms with Gasteiger partial charge in [-0.25, -0.2) is 4.98 Å². The second-order valence-electron chi connectivity index (χ2n) is 7.08. The van der Waals surface area contributed by atoms with Crippen molar-refractivity contribution in [3.63, 3.8) is 0 Å². The highest BCUT2D eigenvalue weighted by atomic mass is 16.4. The number of benzene rings is 1. The van der Waals surface area contributed by atoms with Crippen LogP contribution in [0.2, 0.25) is 0 Å². The molecule has 0 atom stereocenters. The lowest BCUT2D eigenvalue weighted by Crippen LogP contribution is -2.32. The molecule has 1 aliphatic rings. The van der Waals surface area contributed by atoms with Gasteiger partial charge in [-0.2, -0.15) is 0 Å². The molecule has 7 heteroatoms. The predicted octanol–water partition coefficient (Wildman–Crippen LogP) is 3.45. The minimum absolute atomic E-state index is 0.291. The van der Waals surface area contributed by atoms with E-state index >= 15 is 0 Å². The van der Waals surface area contributed by atoms with Crippen LogP contribution in [0.15, 0.2) is 59.5 Å². The number of likely N-dealkylation sites (tertiary alicyclic amines) is 1. The zero-order chi connectivity index (χ0) is 18.8. The number of pyridine rings is 1. The Bertz CT molecular complexity index is 1070. The topological polar surface area (TPSA) is 80.8 Å². The summed E-state index contributed by atoms with van der Waals surface area (Å²) in [5.41, 5.74) is 2.99. The van der Waals surface area contributed by atoms with Gasteiger partial charge >= 0.3 is 0 Å². The van der Waals surface area contributed by atoms with E-state index < -0.39 is 0 Å². The van der Waals surface area contributed by atoms with Gasteiger partial charge in [0.1, 0.15) is 5.69 Å². The molecule has 140 valence electrons. The van der Waals surface area contributed by atoms with Gasteiger partial charge in [0.2, 0.25) is 5.89 Å². The van der Waals surface area contributed by atoms with Crippen LogP contribution in [0.3, 0.4) is 0 Å². The summed E-state index contributed by atoms with van der Waals surface area (Å²) in [7, 11) is 0. The van der Waals surface area contributed by atoms with Gasteiger partial charge in [-0.3, -0.25) is 14.9 Å². The Morgan fingerprint density at radius 1 is 0.964 bits per heavy atom. The van der Waals surface area contributed by atoms with Gasteiger partial charge in [-0.15, -0.1) is 10.2 Å². The van der Waals surface area contributed by atoms with Crippen LogP contribution >= 0.6 is 0 Å². The lowest BCUT2D eigenvalue weighted by molar-refractivity contribution is 0.193. The highest BCUT2D eigenvalue weighted by Crippen LogP contribution is 2.30. The van der Waals surface area contributed by atoms with E-state index in [0.29, 0.717) is 23.4 Å². The largest absolute Gasteiger partial charge is 0.419 e. The van der Waals surface area contributed by atoms with Crippen LogP contribution in [0.5, 0.6) is 0 Å². The third-order valence-corrected chi connectivity index (χ3v) is 5.27. The average Bonchev–Trinajstić information content (AvgIpc) is 3.26. The van der Waals surface area contributed by atoms with Gasteiger partial charge in [0, 0.05) is 36.4 Å². The fourth-order valence-corrected chi connectivity index (χ4v) is 3.79. The fraction of sp³-hybridized carbons (Fsp3) is 0.286. The molecular formula is C21H20N6O. The number of fused-ring (bicyclic) bond motifs is 1. The van der Waals surface area contributed by atoms with Crippen LogP contribution in [0.1, 0.15) is 30.2 Å². The predicted molar refractivity (Wildman–Crippen MR) is 104 cm³/mol. The summed E-state index contributed by atoms with van der Waals surface area (Å²) in [6.07, 6.45) is 8.75. The Labute approximate surface area is 162 Å². The smallest absolute Gasteiger partial charge is 0.267 e. The summed E-state index contributed by atoms with van der Waals surface area (Å²) in [5.74, 6) is 1.43. The van der Waals surface area contributed by atoms with E-state index in [4.69, 9.17) is 4.42 Å². The monoisotopic (exact) mass is 372 g/mol. The minimum Gasteiger partial charge on any atom is -0.419 e. The standard InChI is InChI=1S/C21H20N6O/c1-3-15-5-2-8-24-19(15)17(4-1)14-27-11-6-16(7-12-27)20-25-26-21(28-20)18-13-22-9-10-23-18/h1-5,8-10,13,16H,6-7,11-12,14H2. The summed E-state index contributed by atoms with van der Waals surface area (Å²) in [6, 6.07) is 10.5. The zero-order valence-electron chi connectivity index (χ0n) is 15.4. The van der Waals surface area contributed by atoms with Crippen LogP contribution < -0.4 is 0 Å². The maximum absolute atomic E-state index is 5.87. The van der Waals surface area contributed by atoms with Crippen molar-refractivity contribution in [2.24, 2.45) is 0 Å². The van der Waals surface area contributed by atoms with E-state index in [9.17, 15) is 0 Å². The second-order valence-corrected chi connectivity index (χ2v) is 7.08. The van der Waals surface area contributed by atoms with Crippen LogP contribution in [-0.4, -0.2) is 43.1 Å². The number of hydrogen-bond donors (Lipinski definition) is 0. The molecule has 1 saturated heterocycles. The quantitative estimate of drug-likeness (QED) is 0.543. The van der Waals surface area contributed by atoms with Crippen molar-refractivity contribution < 1.29 is 4.42 Å². The molecule has 7 nitrogen and oxygen atoms in total. The molecule has 4 aromatic rings. The van der Waals surface area contributed by atoms with Crippen molar-refractivity contribution in [1.82, 2.24) is 30.0 Å². The molecule has 28 heavy (non-hydrogen) atoms. The van der Waals surface area contributed by atoms with Crippen LogP contribution in [0.4, 0.5) is 0 Å². The SMILES string of the molecule is c1cnc2c(CN3CCC(c4nnc(-c5cnccn5)o4)CC3)cccc2c1. The zero-order valence-corrected chi connectivity index (χ0v) is 15.4. The average molecular weight is 372 g/mol. The third-order valence-electron chi connectivity index (χ3n) is 5.27. The Balaban J connectivity index is 1.25. The van der Waals surface area contributed by atoms with Crippen molar-refractivity contribution in [2.45, 2.75) is 25.3 Å². The first kappa shape index (κ1) is 16.9. The first-order chi connectivity index (χ1) is 13.9.